The van der Waals surface area contributed by atoms with Crippen molar-refractivity contribution in [2.75, 3.05) is 32.7 Å². The number of carbonyl (C=O) groups is 3. The summed E-state index contributed by atoms with van der Waals surface area (Å²) in [5.41, 5.74) is 0.964. The number of carbonyl (C=O) groups excluding carboxylic acids is 3. The molecule has 1 aliphatic carbocycles. The first-order valence-electron chi connectivity index (χ1n) is 11.5. The number of hydrogen-bond acceptors (Lipinski definition) is 3. The predicted molar refractivity (Wildman–Crippen MR) is 117 cm³/mol. The first-order valence-corrected chi connectivity index (χ1v) is 11.5. The van der Waals surface area contributed by atoms with Crippen LogP contribution in [0.2, 0.25) is 0 Å². The van der Waals surface area contributed by atoms with E-state index in [1.807, 2.05) is 40.1 Å². The highest BCUT2D eigenvalue weighted by molar-refractivity contribution is 5.81. The van der Waals surface area contributed by atoms with Crippen LogP contribution in [0.3, 0.4) is 0 Å². The van der Waals surface area contributed by atoms with Gasteiger partial charge in [-0.15, -0.1) is 0 Å². The molecule has 3 amide bonds. The molecular formula is C24H35N3O3. The van der Waals surface area contributed by atoms with Gasteiger partial charge in [-0.05, 0) is 17.9 Å². The Hall–Kier alpha value is -2.37. The zero-order chi connectivity index (χ0) is 21.2. The zero-order valence-electron chi connectivity index (χ0n) is 18.0. The molecule has 0 bridgehead atoms. The number of nitrogens with zero attached hydrogens (tertiary/aromatic N) is 2. The molecule has 0 aromatic heterocycles. The molecular weight excluding hydrogens is 378 g/mol. The molecule has 1 saturated carbocycles. The van der Waals surface area contributed by atoms with Gasteiger partial charge in [-0.25, -0.2) is 0 Å². The van der Waals surface area contributed by atoms with Crippen molar-refractivity contribution in [3.8, 4) is 0 Å². The fraction of sp³-hybridized carbons (Fsp3) is 0.625. The Morgan fingerprint density at radius 1 is 0.833 bits per heavy atom. The molecule has 3 rings (SSSR count). The van der Waals surface area contributed by atoms with E-state index in [1.54, 1.807) is 0 Å². The van der Waals surface area contributed by atoms with Crippen molar-refractivity contribution in [3.63, 3.8) is 0 Å². The first-order chi connectivity index (χ1) is 14.6. The topological polar surface area (TPSA) is 69.7 Å². The van der Waals surface area contributed by atoms with E-state index in [1.165, 1.54) is 32.1 Å². The maximum Gasteiger partial charge on any atom is 0.224 e. The second kappa shape index (κ2) is 11.7. The highest BCUT2D eigenvalue weighted by atomic mass is 16.2. The van der Waals surface area contributed by atoms with E-state index in [0.29, 0.717) is 52.0 Å². The van der Waals surface area contributed by atoms with Crippen LogP contribution < -0.4 is 5.32 Å². The van der Waals surface area contributed by atoms with Crippen LogP contribution in [0, 0.1) is 5.92 Å². The van der Waals surface area contributed by atoms with E-state index in [0.717, 1.165) is 17.9 Å². The van der Waals surface area contributed by atoms with Crippen molar-refractivity contribution in [1.82, 2.24) is 15.1 Å². The van der Waals surface area contributed by atoms with Gasteiger partial charge in [0.25, 0.3) is 0 Å². The maximum absolute atomic E-state index is 12.5. The number of amides is 3. The summed E-state index contributed by atoms with van der Waals surface area (Å²) < 4.78 is 0. The lowest BCUT2D eigenvalue weighted by Crippen LogP contribution is -2.51. The molecule has 1 heterocycles. The molecule has 30 heavy (non-hydrogen) atoms. The van der Waals surface area contributed by atoms with Crippen molar-refractivity contribution in [2.45, 2.75) is 57.8 Å². The lowest BCUT2D eigenvalue weighted by molar-refractivity contribution is -0.139. The Balaban J connectivity index is 1.29. The molecule has 6 heteroatoms. The summed E-state index contributed by atoms with van der Waals surface area (Å²) in [5.74, 6) is 0.940. The monoisotopic (exact) mass is 413 g/mol. The van der Waals surface area contributed by atoms with Crippen LogP contribution in [0.1, 0.15) is 56.9 Å². The third-order valence-corrected chi connectivity index (χ3v) is 6.34. The van der Waals surface area contributed by atoms with E-state index in [-0.39, 0.29) is 17.7 Å². The smallest absolute Gasteiger partial charge is 0.224 e. The van der Waals surface area contributed by atoms with Gasteiger partial charge in [-0.3, -0.25) is 14.4 Å². The third kappa shape index (κ3) is 7.15. The van der Waals surface area contributed by atoms with Gasteiger partial charge in [0.2, 0.25) is 17.7 Å². The van der Waals surface area contributed by atoms with Gasteiger partial charge in [-0.2, -0.15) is 0 Å². The van der Waals surface area contributed by atoms with Crippen LogP contribution in [-0.4, -0.2) is 60.2 Å². The molecule has 1 aromatic carbocycles. The molecule has 0 spiro atoms. The van der Waals surface area contributed by atoms with Crippen LogP contribution >= 0.6 is 0 Å². The average molecular weight is 414 g/mol. The molecule has 164 valence electrons. The second-order valence-corrected chi connectivity index (χ2v) is 8.57. The van der Waals surface area contributed by atoms with Gasteiger partial charge in [0, 0.05) is 45.6 Å². The fourth-order valence-electron chi connectivity index (χ4n) is 4.48. The minimum atomic E-state index is -0.0672. The summed E-state index contributed by atoms with van der Waals surface area (Å²) in [4.78, 5) is 40.6. The Morgan fingerprint density at radius 3 is 2.07 bits per heavy atom. The molecule has 2 aliphatic rings. The van der Waals surface area contributed by atoms with Crippen molar-refractivity contribution >= 4 is 17.7 Å². The lowest BCUT2D eigenvalue weighted by atomic mass is 9.86. The highest BCUT2D eigenvalue weighted by Crippen LogP contribution is 2.27. The van der Waals surface area contributed by atoms with Crippen LogP contribution in [0.25, 0.3) is 0 Å². The van der Waals surface area contributed by atoms with Crippen molar-refractivity contribution in [2.24, 2.45) is 5.92 Å². The minimum Gasteiger partial charge on any atom is -0.355 e. The minimum absolute atomic E-state index is 0.0457. The molecule has 1 aliphatic heterocycles. The molecule has 0 radical (unpaired) electrons. The van der Waals surface area contributed by atoms with E-state index in [2.05, 4.69) is 5.32 Å². The maximum atomic E-state index is 12.5. The number of nitrogens with one attached hydrogen (secondary N) is 1. The van der Waals surface area contributed by atoms with Crippen LogP contribution in [-0.2, 0) is 20.8 Å². The summed E-state index contributed by atoms with van der Waals surface area (Å²) >= 11 is 0. The van der Waals surface area contributed by atoms with E-state index >= 15 is 0 Å². The SMILES string of the molecule is O=C(Cc1ccccc1)NCCC(=O)N1CCN(C(=O)CCC2CCCCC2)CC1. The van der Waals surface area contributed by atoms with Gasteiger partial charge in [0.05, 0.1) is 6.42 Å². The summed E-state index contributed by atoms with van der Waals surface area (Å²) in [5, 5.41) is 2.83. The Kier molecular flexibility index (Phi) is 8.72. The van der Waals surface area contributed by atoms with E-state index in [9.17, 15) is 14.4 Å². The molecule has 1 N–H and O–H groups in total. The third-order valence-electron chi connectivity index (χ3n) is 6.34. The lowest BCUT2D eigenvalue weighted by Gasteiger charge is -2.35. The Labute approximate surface area is 180 Å². The summed E-state index contributed by atoms with van der Waals surface area (Å²) in [6.07, 6.45) is 8.81. The van der Waals surface area contributed by atoms with Crippen LogP contribution in [0.4, 0.5) is 0 Å². The second-order valence-electron chi connectivity index (χ2n) is 8.57. The molecule has 2 fully saturated rings. The van der Waals surface area contributed by atoms with Crippen LogP contribution in [0.15, 0.2) is 30.3 Å². The van der Waals surface area contributed by atoms with E-state index in [4.69, 9.17) is 0 Å². The largest absolute Gasteiger partial charge is 0.355 e. The normalized spacial score (nSPS) is 17.6. The average Bonchev–Trinajstić information content (AvgIpc) is 2.79. The standard InChI is InChI=1S/C24H35N3O3/c28-22(19-21-9-5-2-6-10-21)25-14-13-24(30)27-17-15-26(16-18-27)23(29)12-11-20-7-3-1-4-8-20/h2,5-6,9-10,20H,1,3-4,7-8,11-19H2,(H,25,28). The van der Waals surface area contributed by atoms with Crippen molar-refractivity contribution in [1.29, 1.82) is 0 Å². The van der Waals surface area contributed by atoms with Gasteiger partial charge >= 0.3 is 0 Å². The molecule has 0 atom stereocenters. The zero-order valence-corrected chi connectivity index (χ0v) is 18.0. The quantitative estimate of drug-likeness (QED) is 0.712. The summed E-state index contributed by atoms with van der Waals surface area (Å²) in [6, 6.07) is 9.57. The van der Waals surface area contributed by atoms with Crippen molar-refractivity contribution in [3.05, 3.63) is 35.9 Å². The number of benzene rings is 1. The number of hydrogen-bond donors (Lipinski definition) is 1. The Morgan fingerprint density at radius 2 is 1.43 bits per heavy atom. The molecule has 6 nitrogen and oxygen atoms in total. The fourth-order valence-corrected chi connectivity index (χ4v) is 4.48. The van der Waals surface area contributed by atoms with Gasteiger partial charge in [0.15, 0.2) is 0 Å². The van der Waals surface area contributed by atoms with Crippen molar-refractivity contribution < 1.29 is 14.4 Å². The Bertz CT molecular complexity index is 693. The van der Waals surface area contributed by atoms with Gasteiger partial charge in [0.1, 0.15) is 0 Å². The molecule has 1 aromatic rings. The van der Waals surface area contributed by atoms with Crippen LogP contribution in [0.5, 0.6) is 0 Å². The van der Waals surface area contributed by atoms with E-state index < -0.39 is 0 Å². The first kappa shape index (κ1) is 22.3. The number of rotatable bonds is 8. The summed E-state index contributed by atoms with van der Waals surface area (Å²) in [7, 11) is 0. The molecule has 0 unspecified atom stereocenters. The predicted octanol–water partition coefficient (Wildman–Crippen LogP) is 2.77. The number of piperazine rings is 1. The highest BCUT2D eigenvalue weighted by Gasteiger charge is 2.24. The van der Waals surface area contributed by atoms with Gasteiger partial charge in [-0.1, -0.05) is 62.4 Å². The summed E-state index contributed by atoms with van der Waals surface area (Å²) in [6.45, 7) is 2.77. The molecule has 1 saturated heterocycles. The van der Waals surface area contributed by atoms with Gasteiger partial charge < -0.3 is 15.1 Å².